The Morgan fingerprint density at radius 1 is 1.25 bits per heavy atom. The fourth-order valence-electron chi connectivity index (χ4n) is 4.70. The van der Waals surface area contributed by atoms with Gasteiger partial charge in [-0.05, 0) is 43.2 Å². The molecule has 1 aliphatic heterocycles. The van der Waals surface area contributed by atoms with Gasteiger partial charge in [-0.2, -0.15) is 0 Å². The number of furan rings is 1. The average Bonchev–Trinajstić information content (AvgIpc) is 3.23. The van der Waals surface area contributed by atoms with Crippen molar-refractivity contribution >= 4 is 38.6 Å². The number of hydrogen-bond donors (Lipinski definition) is 2. The molecule has 2 aromatic carbocycles. The second-order valence-corrected chi connectivity index (χ2v) is 11.9. The number of carbonyl (C=O) groups is 2. The van der Waals surface area contributed by atoms with Crippen molar-refractivity contribution in [1.82, 2.24) is 5.32 Å². The summed E-state index contributed by atoms with van der Waals surface area (Å²) in [5.74, 6) is -1.31. The van der Waals surface area contributed by atoms with Crippen LogP contribution in [0.4, 0.5) is 10.1 Å². The number of rotatable bonds is 8. The van der Waals surface area contributed by atoms with E-state index in [2.05, 4.69) is 5.32 Å². The van der Waals surface area contributed by atoms with Crippen LogP contribution >= 0.6 is 0 Å². The van der Waals surface area contributed by atoms with Crippen LogP contribution in [0.15, 0.2) is 40.8 Å². The standard InChI is InChI=1S/C28H34FN3O7S/c1-6-15(2)25(30)28(34)37-14-19-13-32(40(5,35)36)22-12-23-21(11-20(22)16(3)38-19)24(27(33)31-4)26(39-23)17-7-9-18(29)10-8-17/h7-12,15-16,19,25H,6,13-14,30H2,1-5H3,(H,31,33)/t15-,16-,19-,25-/m0/s1. The molecule has 0 radical (unpaired) electrons. The van der Waals surface area contributed by atoms with Crippen LogP contribution in [0.2, 0.25) is 0 Å². The second kappa shape index (κ2) is 11.6. The minimum absolute atomic E-state index is 0.0806. The van der Waals surface area contributed by atoms with Crippen LogP contribution in [0.3, 0.4) is 0 Å². The molecule has 1 aromatic heterocycles. The van der Waals surface area contributed by atoms with Crippen molar-refractivity contribution in [2.75, 3.05) is 30.8 Å². The molecule has 0 fully saturated rings. The Balaban J connectivity index is 1.77. The molecule has 0 spiro atoms. The van der Waals surface area contributed by atoms with Gasteiger partial charge in [0.1, 0.15) is 35.9 Å². The molecule has 10 nitrogen and oxygen atoms in total. The number of nitrogens with one attached hydrogen (secondary N) is 1. The molecule has 0 saturated heterocycles. The molecule has 4 rings (SSSR count). The van der Waals surface area contributed by atoms with Gasteiger partial charge < -0.3 is 24.9 Å². The van der Waals surface area contributed by atoms with E-state index in [1.54, 1.807) is 19.1 Å². The Morgan fingerprint density at radius 2 is 1.93 bits per heavy atom. The maximum absolute atomic E-state index is 13.6. The molecule has 0 unspecified atom stereocenters. The van der Waals surface area contributed by atoms with Gasteiger partial charge in [0.25, 0.3) is 5.91 Å². The topological polar surface area (TPSA) is 141 Å². The molecule has 1 amide bonds. The number of amides is 1. The van der Waals surface area contributed by atoms with Crippen LogP contribution in [0.5, 0.6) is 0 Å². The maximum Gasteiger partial charge on any atom is 0.323 e. The number of nitrogens with zero attached hydrogens (tertiary/aromatic N) is 1. The molecular formula is C28H34FN3O7S. The Labute approximate surface area is 232 Å². The third kappa shape index (κ3) is 5.84. The zero-order valence-electron chi connectivity index (χ0n) is 23.1. The molecule has 2 heterocycles. The molecule has 0 saturated carbocycles. The summed E-state index contributed by atoms with van der Waals surface area (Å²) in [4.78, 5) is 25.4. The van der Waals surface area contributed by atoms with Crippen molar-refractivity contribution in [3.63, 3.8) is 0 Å². The van der Waals surface area contributed by atoms with Gasteiger partial charge in [-0.25, -0.2) is 12.8 Å². The third-order valence-electron chi connectivity index (χ3n) is 7.21. The number of anilines is 1. The zero-order valence-corrected chi connectivity index (χ0v) is 23.9. The largest absolute Gasteiger partial charge is 0.462 e. The lowest BCUT2D eigenvalue weighted by molar-refractivity contribution is -0.151. The third-order valence-corrected chi connectivity index (χ3v) is 8.36. The fraction of sp³-hybridized carbons (Fsp3) is 0.429. The van der Waals surface area contributed by atoms with Gasteiger partial charge in [0.05, 0.1) is 30.2 Å². The number of benzene rings is 2. The van der Waals surface area contributed by atoms with Crippen LogP contribution in [-0.4, -0.2) is 58.9 Å². The van der Waals surface area contributed by atoms with Gasteiger partial charge >= 0.3 is 5.97 Å². The first kappa shape index (κ1) is 29.5. The normalized spacial score (nSPS) is 19.0. The van der Waals surface area contributed by atoms with Gasteiger partial charge in [-0.1, -0.05) is 20.3 Å². The van der Waals surface area contributed by atoms with Crippen molar-refractivity contribution < 1.29 is 36.3 Å². The zero-order chi connectivity index (χ0) is 29.4. The van der Waals surface area contributed by atoms with Crippen LogP contribution in [0, 0.1) is 11.7 Å². The quantitative estimate of drug-likeness (QED) is 0.387. The highest BCUT2D eigenvalue weighted by Gasteiger charge is 2.35. The fourth-order valence-corrected chi connectivity index (χ4v) is 5.65. The number of sulfonamides is 1. The summed E-state index contributed by atoms with van der Waals surface area (Å²) >= 11 is 0. The van der Waals surface area contributed by atoms with E-state index in [4.69, 9.17) is 19.6 Å². The smallest absolute Gasteiger partial charge is 0.323 e. The Morgan fingerprint density at radius 3 is 2.52 bits per heavy atom. The van der Waals surface area contributed by atoms with Crippen molar-refractivity contribution in [2.24, 2.45) is 11.7 Å². The van der Waals surface area contributed by atoms with Gasteiger partial charge in [0.15, 0.2) is 0 Å². The molecule has 0 aliphatic carbocycles. The number of esters is 1. The molecule has 4 atom stereocenters. The lowest BCUT2D eigenvalue weighted by Gasteiger charge is -2.25. The lowest BCUT2D eigenvalue weighted by Crippen LogP contribution is -2.42. The van der Waals surface area contributed by atoms with Crippen molar-refractivity contribution in [2.45, 2.75) is 45.4 Å². The number of ether oxygens (including phenoxy) is 2. The van der Waals surface area contributed by atoms with E-state index in [1.807, 2.05) is 13.8 Å². The van der Waals surface area contributed by atoms with Gasteiger partial charge in [-0.3, -0.25) is 13.9 Å². The van der Waals surface area contributed by atoms with Crippen LogP contribution in [-0.2, 0) is 24.3 Å². The minimum Gasteiger partial charge on any atom is -0.462 e. The van der Waals surface area contributed by atoms with Crippen molar-refractivity contribution in [1.29, 1.82) is 0 Å². The SMILES string of the molecule is CC[C@H](C)[C@H](N)C(=O)OC[C@@H]1CN(S(C)(=O)=O)c2cc3oc(-c4ccc(F)cc4)c(C(=O)NC)c3cc2[C@H](C)O1. The van der Waals surface area contributed by atoms with Crippen molar-refractivity contribution in [3.05, 3.63) is 53.3 Å². The molecule has 3 N–H and O–H groups in total. The summed E-state index contributed by atoms with van der Waals surface area (Å²) in [5.41, 5.74) is 7.77. The molecule has 216 valence electrons. The summed E-state index contributed by atoms with van der Waals surface area (Å²) in [6, 6.07) is 7.93. The van der Waals surface area contributed by atoms with Crippen LogP contribution < -0.4 is 15.4 Å². The average molecular weight is 576 g/mol. The monoisotopic (exact) mass is 575 g/mol. The number of halogens is 1. The highest BCUT2D eigenvalue weighted by molar-refractivity contribution is 7.92. The Bertz CT molecular complexity index is 1520. The van der Waals surface area contributed by atoms with E-state index >= 15 is 0 Å². The van der Waals surface area contributed by atoms with Crippen LogP contribution in [0.1, 0.15) is 49.2 Å². The number of nitrogens with two attached hydrogens (primary N) is 1. The Hall–Kier alpha value is -3.48. The van der Waals surface area contributed by atoms with E-state index in [1.165, 1.54) is 35.6 Å². The summed E-state index contributed by atoms with van der Waals surface area (Å²) in [5, 5.41) is 3.04. The Kier molecular flexibility index (Phi) is 8.52. The number of fused-ring (bicyclic) bond motifs is 2. The predicted octanol–water partition coefficient (Wildman–Crippen LogP) is 3.74. The minimum atomic E-state index is -3.82. The molecular weight excluding hydrogens is 541 g/mol. The second-order valence-electron chi connectivity index (χ2n) is 10.0. The molecule has 12 heteroatoms. The van der Waals surface area contributed by atoms with E-state index in [0.717, 1.165) is 6.26 Å². The molecule has 1 aliphatic rings. The molecule has 40 heavy (non-hydrogen) atoms. The summed E-state index contributed by atoms with van der Waals surface area (Å²) in [7, 11) is -2.33. The maximum atomic E-state index is 13.6. The van der Waals surface area contributed by atoms with Gasteiger partial charge in [0.2, 0.25) is 10.0 Å². The highest BCUT2D eigenvalue weighted by Crippen LogP contribution is 2.42. The summed E-state index contributed by atoms with van der Waals surface area (Å²) in [6.07, 6.45) is 0.345. The number of carbonyl (C=O) groups excluding carboxylic acids is 2. The summed E-state index contributed by atoms with van der Waals surface area (Å²) in [6.45, 7) is 5.20. The van der Waals surface area contributed by atoms with Gasteiger partial charge in [0, 0.05) is 29.6 Å². The molecule has 0 bridgehead atoms. The number of hydrogen-bond acceptors (Lipinski definition) is 8. The van der Waals surface area contributed by atoms with E-state index in [-0.39, 0.29) is 36.0 Å². The first-order valence-electron chi connectivity index (χ1n) is 13.0. The van der Waals surface area contributed by atoms with Gasteiger partial charge in [-0.15, -0.1) is 0 Å². The first-order valence-corrected chi connectivity index (χ1v) is 14.8. The van der Waals surface area contributed by atoms with E-state index < -0.39 is 46.0 Å². The highest BCUT2D eigenvalue weighted by atomic mass is 32.2. The summed E-state index contributed by atoms with van der Waals surface area (Å²) < 4.78 is 58.3. The first-order chi connectivity index (χ1) is 18.8. The van der Waals surface area contributed by atoms with E-state index in [0.29, 0.717) is 28.6 Å². The van der Waals surface area contributed by atoms with Crippen molar-refractivity contribution in [3.8, 4) is 11.3 Å². The predicted molar refractivity (Wildman–Crippen MR) is 149 cm³/mol. The van der Waals surface area contributed by atoms with Crippen LogP contribution in [0.25, 0.3) is 22.3 Å². The van der Waals surface area contributed by atoms with E-state index in [9.17, 15) is 22.4 Å². The lowest BCUT2D eigenvalue weighted by atomic mass is 10.0. The molecule has 3 aromatic rings.